The van der Waals surface area contributed by atoms with E-state index in [2.05, 4.69) is 15.3 Å². The van der Waals surface area contributed by atoms with E-state index in [4.69, 9.17) is 10.5 Å². The summed E-state index contributed by atoms with van der Waals surface area (Å²) in [5, 5.41) is 13.1. The SMILES string of the molecule is CCOc1ccc(-c2ccc3nnc(SCC(N)=O)n3n2)cc1. The van der Waals surface area contributed by atoms with Crippen LogP contribution in [0.15, 0.2) is 41.6 Å². The van der Waals surface area contributed by atoms with Crippen molar-refractivity contribution in [1.29, 1.82) is 0 Å². The van der Waals surface area contributed by atoms with E-state index in [1.165, 1.54) is 11.8 Å². The topological polar surface area (TPSA) is 95.4 Å². The Kier molecular flexibility index (Phi) is 4.42. The van der Waals surface area contributed by atoms with Gasteiger partial charge in [-0.2, -0.15) is 9.61 Å². The number of hydrogen-bond donors (Lipinski definition) is 1. The van der Waals surface area contributed by atoms with Gasteiger partial charge >= 0.3 is 0 Å². The van der Waals surface area contributed by atoms with E-state index in [1.54, 1.807) is 4.52 Å². The molecule has 0 aliphatic rings. The molecule has 23 heavy (non-hydrogen) atoms. The molecule has 2 heterocycles. The Morgan fingerprint density at radius 1 is 1.22 bits per heavy atom. The molecular weight excluding hydrogens is 314 g/mol. The summed E-state index contributed by atoms with van der Waals surface area (Å²) < 4.78 is 7.05. The molecule has 0 atom stereocenters. The average Bonchev–Trinajstić information content (AvgIpc) is 2.96. The van der Waals surface area contributed by atoms with Crippen LogP contribution in [0.5, 0.6) is 5.75 Å². The molecule has 1 aromatic carbocycles. The Morgan fingerprint density at radius 2 is 2.00 bits per heavy atom. The van der Waals surface area contributed by atoms with Crippen molar-refractivity contribution in [2.45, 2.75) is 12.1 Å². The van der Waals surface area contributed by atoms with E-state index in [1.807, 2.05) is 43.3 Å². The Balaban J connectivity index is 1.91. The van der Waals surface area contributed by atoms with E-state index < -0.39 is 5.91 Å². The van der Waals surface area contributed by atoms with Crippen LogP contribution in [0.4, 0.5) is 0 Å². The van der Waals surface area contributed by atoms with Crippen LogP contribution in [-0.4, -0.2) is 38.1 Å². The number of carbonyl (C=O) groups is 1. The van der Waals surface area contributed by atoms with Gasteiger partial charge in [-0.25, -0.2) is 0 Å². The zero-order chi connectivity index (χ0) is 16.2. The molecule has 2 N–H and O–H groups in total. The Bertz CT molecular complexity index is 832. The fourth-order valence-electron chi connectivity index (χ4n) is 2.04. The lowest BCUT2D eigenvalue weighted by Gasteiger charge is -2.05. The summed E-state index contributed by atoms with van der Waals surface area (Å²) >= 11 is 1.21. The van der Waals surface area contributed by atoms with E-state index in [0.29, 0.717) is 17.4 Å². The average molecular weight is 329 g/mol. The molecule has 0 aliphatic carbocycles. The third-order valence-electron chi connectivity index (χ3n) is 3.04. The summed E-state index contributed by atoms with van der Waals surface area (Å²) in [5.41, 5.74) is 7.51. The first-order valence-corrected chi connectivity index (χ1v) is 8.02. The lowest BCUT2D eigenvalue weighted by atomic mass is 10.1. The van der Waals surface area contributed by atoms with Crippen LogP contribution in [-0.2, 0) is 4.79 Å². The molecule has 0 unspecified atom stereocenters. The van der Waals surface area contributed by atoms with Crippen LogP contribution in [0.2, 0.25) is 0 Å². The molecule has 0 aliphatic heterocycles. The van der Waals surface area contributed by atoms with E-state index in [0.717, 1.165) is 17.0 Å². The molecule has 0 fully saturated rings. The first kappa shape index (κ1) is 15.3. The number of carbonyl (C=O) groups excluding carboxylic acids is 1. The van der Waals surface area contributed by atoms with Gasteiger partial charge in [-0.3, -0.25) is 4.79 Å². The van der Waals surface area contributed by atoms with Gasteiger partial charge in [-0.1, -0.05) is 11.8 Å². The van der Waals surface area contributed by atoms with Gasteiger partial charge in [0.25, 0.3) is 0 Å². The summed E-state index contributed by atoms with van der Waals surface area (Å²) in [6.45, 7) is 2.57. The summed E-state index contributed by atoms with van der Waals surface area (Å²) in [5.74, 6) is 0.546. The minimum absolute atomic E-state index is 0.135. The molecule has 3 rings (SSSR count). The van der Waals surface area contributed by atoms with E-state index in [9.17, 15) is 4.79 Å². The number of aromatic nitrogens is 4. The minimum Gasteiger partial charge on any atom is -0.494 e. The monoisotopic (exact) mass is 329 g/mol. The predicted octanol–water partition coefficient (Wildman–Crippen LogP) is 1.77. The number of nitrogens with zero attached hydrogens (tertiary/aromatic N) is 4. The fraction of sp³-hybridized carbons (Fsp3) is 0.200. The van der Waals surface area contributed by atoms with Gasteiger partial charge in [-0.15, -0.1) is 10.2 Å². The maximum Gasteiger partial charge on any atom is 0.227 e. The van der Waals surface area contributed by atoms with Crippen LogP contribution in [0.25, 0.3) is 16.9 Å². The normalized spacial score (nSPS) is 10.8. The van der Waals surface area contributed by atoms with Gasteiger partial charge in [0.05, 0.1) is 18.1 Å². The van der Waals surface area contributed by atoms with Gasteiger partial charge in [0.15, 0.2) is 5.65 Å². The van der Waals surface area contributed by atoms with Crippen molar-refractivity contribution in [2.75, 3.05) is 12.4 Å². The maximum atomic E-state index is 10.9. The molecule has 118 valence electrons. The second-order valence-electron chi connectivity index (χ2n) is 4.68. The number of primary amides is 1. The molecule has 3 aromatic rings. The van der Waals surface area contributed by atoms with E-state index in [-0.39, 0.29) is 5.75 Å². The second-order valence-corrected chi connectivity index (χ2v) is 5.63. The molecular formula is C15H15N5O2S. The molecule has 8 heteroatoms. The highest BCUT2D eigenvalue weighted by atomic mass is 32.2. The zero-order valence-electron chi connectivity index (χ0n) is 12.5. The number of rotatable bonds is 6. The summed E-state index contributed by atoms with van der Waals surface area (Å²) in [4.78, 5) is 10.9. The van der Waals surface area contributed by atoms with Gasteiger partial charge in [0, 0.05) is 5.56 Å². The molecule has 0 bridgehead atoms. The maximum absolute atomic E-state index is 10.9. The first-order valence-electron chi connectivity index (χ1n) is 7.04. The number of fused-ring (bicyclic) bond motifs is 1. The summed E-state index contributed by atoms with van der Waals surface area (Å²) in [6, 6.07) is 11.4. The third kappa shape index (κ3) is 3.42. The largest absolute Gasteiger partial charge is 0.494 e. The zero-order valence-corrected chi connectivity index (χ0v) is 13.3. The third-order valence-corrected chi connectivity index (χ3v) is 3.98. The van der Waals surface area contributed by atoms with Gasteiger partial charge in [0.2, 0.25) is 11.1 Å². The van der Waals surface area contributed by atoms with Gasteiger partial charge < -0.3 is 10.5 Å². The Hall–Kier alpha value is -2.61. The van der Waals surface area contributed by atoms with Crippen LogP contribution in [0.1, 0.15) is 6.92 Å². The standard InChI is InChI=1S/C15H15N5O2S/c1-2-22-11-5-3-10(4-6-11)12-7-8-14-17-18-15(20(14)19-12)23-9-13(16)21/h3-8H,2,9H2,1H3,(H2,16,21). The van der Waals surface area contributed by atoms with Crippen molar-refractivity contribution in [3.05, 3.63) is 36.4 Å². The van der Waals surface area contributed by atoms with Crippen LogP contribution in [0, 0.1) is 0 Å². The molecule has 0 spiro atoms. The van der Waals surface area contributed by atoms with Crippen molar-refractivity contribution in [3.63, 3.8) is 0 Å². The van der Waals surface area contributed by atoms with Crippen molar-refractivity contribution in [3.8, 4) is 17.0 Å². The number of nitrogens with two attached hydrogens (primary N) is 1. The highest BCUT2D eigenvalue weighted by molar-refractivity contribution is 7.99. The molecule has 7 nitrogen and oxygen atoms in total. The van der Waals surface area contributed by atoms with Crippen molar-refractivity contribution in [1.82, 2.24) is 19.8 Å². The molecule has 0 saturated carbocycles. The Morgan fingerprint density at radius 3 is 2.70 bits per heavy atom. The summed E-state index contributed by atoms with van der Waals surface area (Å²) in [6.07, 6.45) is 0. The lowest BCUT2D eigenvalue weighted by molar-refractivity contribution is -0.115. The molecule has 0 saturated heterocycles. The predicted molar refractivity (Wildman–Crippen MR) is 87.3 cm³/mol. The van der Waals surface area contributed by atoms with Crippen molar-refractivity contribution >= 4 is 23.3 Å². The highest BCUT2D eigenvalue weighted by Crippen LogP contribution is 2.22. The number of hydrogen-bond acceptors (Lipinski definition) is 6. The minimum atomic E-state index is -0.408. The Labute approximate surface area is 136 Å². The highest BCUT2D eigenvalue weighted by Gasteiger charge is 2.10. The number of amides is 1. The van der Waals surface area contributed by atoms with Crippen LogP contribution >= 0.6 is 11.8 Å². The quantitative estimate of drug-likeness (QED) is 0.692. The van der Waals surface area contributed by atoms with Gasteiger partial charge in [-0.05, 0) is 43.3 Å². The van der Waals surface area contributed by atoms with Crippen LogP contribution in [0.3, 0.4) is 0 Å². The lowest BCUT2D eigenvalue weighted by Crippen LogP contribution is -2.13. The fourth-order valence-corrected chi connectivity index (χ4v) is 2.66. The molecule has 2 aromatic heterocycles. The first-order chi connectivity index (χ1) is 11.2. The number of ether oxygens (including phenoxy) is 1. The van der Waals surface area contributed by atoms with E-state index >= 15 is 0 Å². The molecule has 1 amide bonds. The molecule has 0 radical (unpaired) electrons. The summed E-state index contributed by atoms with van der Waals surface area (Å²) in [7, 11) is 0. The smallest absolute Gasteiger partial charge is 0.227 e. The van der Waals surface area contributed by atoms with Crippen LogP contribution < -0.4 is 10.5 Å². The van der Waals surface area contributed by atoms with Gasteiger partial charge in [0.1, 0.15) is 5.75 Å². The second kappa shape index (κ2) is 6.66. The number of thioether (sulfide) groups is 1. The van der Waals surface area contributed by atoms with Crippen molar-refractivity contribution in [2.24, 2.45) is 5.73 Å². The van der Waals surface area contributed by atoms with Crippen molar-refractivity contribution < 1.29 is 9.53 Å². The number of benzene rings is 1.